The molecule has 1 atom stereocenters. The number of carbonyl (C=O) groups is 1. The van der Waals surface area contributed by atoms with E-state index >= 15 is 0 Å². The minimum absolute atomic E-state index is 0.107. The zero-order valence-corrected chi connectivity index (χ0v) is 16.3. The molecule has 4 N–H and O–H groups in total. The molecular weight excluding hydrogens is 427 g/mol. The third kappa shape index (κ3) is 4.11. The number of ether oxygens (including phenoxy) is 1. The van der Waals surface area contributed by atoms with E-state index in [-0.39, 0.29) is 5.69 Å². The van der Waals surface area contributed by atoms with Crippen molar-refractivity contribution in [1.82, 2.24) is 15.0 Å². The van der Waals surface area contributed by atoms with Crippen molar-refractivity contribution in [2.45, 2.75) is 37.7 Å². The number of amidine groups is 1. The van der Waals surface area contributed by atoms with E-state index in [1.807, 2.05) is 0 Å². The van der Waals surface area contributed by atoms with Crippen molar-refractivity contribution >= 4 is 17.6 Å². The van der Waals surface area contributed by atoms with E-state index < -0.39 is 70.9 Å². The number of hydrogen-bond donors (Lipinski definition) is 2. The van der Waals surface area contributed by atoms with E-state index in [1.54, 1.807) is 0 Å². The third-order valence-electron chi connectivity index (χ3n) is 4.67. The fourth-order valence-electron chi connectivity index (χ4n) is 2.87. The molecule has 0 saturated carbocycles. The quantitative estimate of drug-likeness (QED) is 0.535. The maximum Gasteiger partial charge on any atom is 0.311 e. The SMILES string of the molecule is CC(F)(F)c1cnc(C(=O)Cc2ccc(F)c([C@@]3(C)N=C(N)OCC3(F)F)n2)c(N)n1. The molecule has 2 aromatic heterocycles. The first-order valence-corrected chi connectivity index (χ1v) is 8.80. The van der Waals surface area contributed by atoms with Gasteiger partial charge in [0.05, 0.1) is 12.6 Å². The number of Topliss-reactive ketones (excluding diaryl/α,β-unsaturated/α-hetero) is 1. The predicted octanol–water partition coefficient (Wildman–Crippen LogP) is 2.33. The molecule has 166 valence electrons. The summed E-state index contributed by atoms with van der Waals surface area (Å²) in [6.45, 7) is 0.389. The van der Waals surface area contributed by atoms with Crippen molar-refractivity contribution in [2.24, 2.45) is 10.7 Å². The normalized spacial score (nSPS) is 20.7. The monoisotopic (exact) mass is 444 g/mol. The Morgan fingerprint density at radius 2 is 1.94 bits per heavy atom. The Balaban J connectivity index is 1.94. The van der Waals surface area contributed by atoms with Crippen LogP contribution >= 0.6 is 0 Å². The van der Waals surface area contributed by atoms with Gasteiger partial charge < -0.3 is 16.2 Å². The van der Waals surface area contributed by atoms with Crippen LogP contribution in [0.3, 0.4) is 0 Å². The number of nitrogen functional groups attached to an aromatic ring is 1. The molecule has 0 fully saturated rings. The molecule has 0 aliphatic carbocycles. The molecule has 1 aliphatic rings. The Bertz CT molecular complexity index is 1070. The van der Waals surface area contributed by atoms with Gasteiger partial charge in [-0.3, -0.25) is 9.78 Å². The topological polar surface area (TPSA) is 129 Å². The van der Waals surface area contributed by atoms with Crippen LogP contribution in [0.15, 0.2) is 23.3 Å². The van der Waals surface area contributed by atoms with Gasteiger partial charge in [0, 0.05) is 12.6 Å². The van der Waals surface area contributed by atoms with Crippen molar-refractivity contribution in [3.05, 3.63) is 46.9 Å². The second-order valence-electron chi connectivity index (χ2n) is 7.13. The number of aromatic nitrogens is 3. The molecule has 0 unspecified atom stereocenters. The van der Waals surface area contributed by atoms with Gasteiger partial charge in [0.2, 0.25) is 0 Å². The van der Waals surface area contributed by atoms with Crippen LogP contribution in [0.5, 0.6) is 0 Å². The standard InChI is InChI=1S/C18H17F5N6O2/c1-16(18(22,23)7-31-15(25)29-16)13-9(19)4-3-8(27-13)5-10(30)12-14(24)28-11(6-26-12)17(2,20)21/h3-4,6H,5,7H2,1-2H3,(H2,24,28)(H2,25,29)/t16-/m1/s1. The number of nitrogens with two attached hydrogens (primary N) is 2. The highest BCUT2D eigenvalue weighted by molar-refractivity contribution is 5.99. The van der Waals surface area contributed by atoms with E-state index in [0.29, 0.717) is 13.1 Å². The predicted molar refractivity (Wildman–Crippen MR) is 98.1 cm³/mol. The Labute approximate surface area is 172 Å². The lowest BCUT2D eigenvalue weighted by Crippen LogP contribution is -2.51. The van der Waals surface area contributed by atoms with Crippen molar-refractivity contribution in [3.8, 4) is 0 Å². The molecule has 0 spiro atoms. The third-order valence-corrected chi connectivity index (χ3v) is 4.67. The largest absolute Gasteiger partial charge is 0.459 e. The summed E-state index contributed by atoms with van der Waals surface area (Å²) in [7, 11) is 0. The Kier molecular flexibility index (Phi) is 5.32. The Morgan fingerprint density at radius 1 is 1.26 bits per heavy atom. The van der Waals surface area contributed by atoms with Crippen molar-refractivity contribution in [1.29, 1.82) is 0 Å². The van der Waals surface area contributed by atoms with Crippen LogP contribution in [0, 0.1) is 5.82 Å². The van der Waals surface area contributed by atoms with E-state index in [2.05, 4.69) is 24.7 Å². The number of carbonyl (C=O) groups excluding carboxylic acids is 1. The second kappa shape index (κ2) is 7.39. The first-order chi connectivity index (χ1) is 14.2. The Morgan fingerprint density at radius 3 is 2.55 bits per heavy atom. The maximum atomic E-state index is 14.5. The number of pyridine rings is 1. The van der Waals surface area contributed by atoms with Crippen LogP contribution in [-0.4, -0.2) is 39.3 Å². The van der Waals surface area contributed by atoms with Gasteiger partial charge in [0.1, 0.15) is 22.9 Å². The second-order valence-corrected chi connectivity index (χ2v) is 7.13. The fraction of sp³-hybridized carbons (Fsp3) is 0.389. The highest BCUT2D eigenvalue weighted by Crippen LogP contribution is 2.43. The van der Waals surface area contributed by atoms with E-state index in [1.165, 1.54) is 0 Å². The number of anilines is 1. The van der Waals surface area contributed by atoms with Gasteiger partial charge in [-0.25, -0.2) is 19.4 Å². The molecular formula is C18H17F5N6O2. The van der Waals surface area contributed by atoms with Crippen LogP contribution < -0.4 is 11.5 Å². The molecule has 13 heteroatoms. The number of halogens is 5. The number of ketones is 1. The minimum atomic E-state index is -3.65. The average molecular weight is 444 g/mol. The highest BCUT2D eigenvalue weighted by Gasteiger charge is 2.57. The fourth-order valence-corrected chi connectivity index (χ4v) is 2.87. The molecule has 0 saturated heterocycles. The lowest BCUT2D eigenvalue weighted by atomic mass is 9.88. The molecule has 0 radical (unpaired) electrons. The van der Waals surface area contributed by atoms with Gasteiger partial charge in [0.15, 0.2) is 23.7 Å². The van der Waals surface area contributed by atoms with Crippen LogP contribution in [0.2, 0.25) is 0 Å². The summed E-state index contributed by atoms with van der Waals surface area (Å²) in [4.78, 5) is 27.0. The first-order valence-electron chi connectivity index (χ1n) is 8.80. The van der Waals surface area contributed by atoms with E-state index in [9.17, 15) is 26.7 Å². The van der Waals surface area contributed by atoms with Gasteiger partial charge in [-0.15, -0.1) is 0 Å². The summed E-state index contributed by atoms with van der Waals surface area (Å²) in [5.41, 5.74) is 6.47. The number of aliphatic imine (C=N–C) groups is 1. The van der Waals surface area contributed by atoms with Gasteiger partial charge in [-0.05, 0) is 19.1 Å². The summed E-state index contributed by atoms with van der Waals surface area (Å²) < 4.78 is 74.6. The molecule has 0 aromatic carbocycles. The summed E-state index contributed by atoms with van der Waals surface area (Å²) in [5, 5.41) is 0. The lowest BCUT2D eigenvalue weighted by molar-refractivity contribution is -0.118. The average Bonchev–Trinajstić information content (AvgIpc) is 2.66. The smallest absolute Gasteiger partial charge is 0.311 e. The van der Waals surface area contributed by atoms with Crippen LogP contribution in [0.1, 0.15) is 41.4 Å². The minimum Gasteiger partial charge on any atom is -0.459 e. The molecule has 3 rings (SSSR count). The maximum absolute atomic E-state index is 14.5. The van der Waals surface area contributed by atoms with Crippen LogP contribution in [0.4, 0.5) is 27.8 Å². The van der Waals surface area contributed by atoms with Crippen LogP contribution in [0.25, 0.3) is 0 Å². The number of rotatable bonds is 5. The van der Waals surface area contributed by atoms with Crippen molar-refractivity contribution in [3.63, 3.8) is 0 Å². The molecule has 0 amide bonds. The highest BCUT2D eigenvalue weighted by atomic mass is 19.3. The van der Waals surface area contributed by atoms with Gasteiger partial charge in [-0.2, -0.15) is 17.6 Å². The van der Waals surface area contributed by atoms with E-state index in [0.717, 1.165) is 19.1 Å². The molecule has 2 aromatic rings. The zero-order valence-electron chi connectivity index (χ0n) is 16.3. The zero-order chi connectivity index (χ0) is 23.2. The summed E-state index contributed by atoms with van der Waals surface area (Å²) in [6.07, 6.45) is 0.166. The Hall–Kier alpha value is -3.38. The van der Waals surface area contributed by atoms with Gasteiger partial charge in [0.25, 0.3) is 11.9 Å². The van der Waals surface area contributed by atoms with Crippen molar-refractivity contribution in [2.75, 3.05) is 12.3 Å². The van der Waals surface area contributed by atoms with Crippen molar-refractivity contribution < 1.29 is 31.5 Å². The summed E-state index contributed by atoms with van der Waals surface area (Å²) in [6, 6.07) is 1.39. The van der Waals surface area contributed by atoms with Gasteiger partial charge in [-0.1, -0.05) is 0 Å². The molecule has 31 heavy (non-hydrogen) atoms. The van der Waals surface area contributed by atoms with Gasteiger partial charge >= 0.3 is 5.92 Å². The summed E-state index contributed by atoms with van der Waals surface area (Å²) in [5.74, 6) is -9.38. The molecule has 0 bridgehead atoms. The number of nitrogens with zero attached hydrogens (tertiary/aromatic N) is 4. The first kappa shape index (κ1) is 22.3. The lowest BCUT2D eigenvalue weighted by Gasteiger charge is -2.36. The summed E-state index contributed by atoms with van der Waals surface area (Å²) >= 11 is 0. The van der Waals surface area contributed by atoms with Crippen LogP contribution in [-0.2, 0) is 22.6 Å². The number of alkyl halides is 4. The number of hydrogen-bond acceptors (Lipinski definition) is 8. The molecule has 3 heterocycles. The van der Waals surface area contributed by atoms with E-state index in [4.69, 9.17) is 11.5 Å². The molecule has 1 aliphatic heterocycles. The molecule has 8 nitrogen and oxygen atoms in total.